The number of nitriles is 1. The van der Waals surface area contributed by atoms with Crippen LogP contribution in [-0.2, 0) is 9.59 Å². The largest absolute Gasteiger partial charge is 0.325 e. The second-order valence-electron chi connectivity index (χ2n) is 5.89. The molecule has 0 atom stereocenters. The van der Waals surface area contributed by atoms with Gasteiger partial charge in [0.15, 0.2) is 0 Å². The molecule has 0 fully saturated rings. The SMILES string of the molecule is Cc1cc(Br)ccc1NC(=O)CN(C)CC(=O)Nc1ccccc1C#N. The fourth-order valence-electron chi connectivity index (χ4n) is 2.38. The lowest BCUT2D eigenvalue weighted by Gasteiger charge is -2.17. The number of carbonyl (C=O) groups excluding carboxylic acids is 2. The third-order valence-electron chi connectivity index (χ3n) is 3.61. The number of aryl methyl sites for hydroxylation is 1. The monoisotopic (exact) mass is 414 g/mol. The van der Waals surface area contributed by atoms with Crippen molar-refractivity contribution in [3.8, 4) is 6.07 Å². The molecule has 0 spiro atoms. The standard InChI is InChI=1S/C19H19BrN4O2/c1-13-9-15(20)7-8-16(13)22-18(25)11-24(2)12-19(26)23-17-6-4-3-5-14(17)10-21/h3-9H,11-12H2,1-2H3,(H,22,25)(H,23,26). The highest BCUT2D eigenvalue weighted by atomic mass is 79.9. The molecule has 0 bridgehead atoms. The molecular weight excluding hydrogens is 396 g/mol. The first-order valence-corrected chi connectivity index (χ1v) is 8.72. The number of benzene rings is 2. The molecule has 0 saturated carbocycles. The molecule has 2 aromatic rings. The molecule has 26 heavy (non-hydrogen) atoms. The molecule has 2 amide bonds. The molecule has 0 radical (unpaired) electrons. The highest BCUT2D eigenvalue weighted by molar-refractivity contribution is 9.10. The third kappa shape index (κ3) is 5.69. The van der Waals surface area contributed by atoms with Crippen molar-refractivity contribution in [3.05, 3.63) is 58.1 Å². The highest BCUT2D eigenvalue weighted by Gasteiger charge is 2.13. The van der Waals surface area contributed by atoms with Crippen LogP contribution in [0.15, 0.2) is 46.9 Å². The average Bonchev–Trinajstić information content (AvgIpc) is 2.57. The molecule has 2 rings (SSSR count). The van der Waals surface area contributed by atoms with Gasteiger partial charge < -0.3 is 10.6 Å². The van der Waals surface area contributed by atoms with E-state index in [9.17, 15) is 9.59 Å². The van der Waals surface area contributed by atoms with Gasteiger partial charge in [-0.25, -0.2) is 0 Å². The van der Waals surface area contributed by atoms with Crippen LogP contribution in [0.2, 0.25) is 0 Å². The summed E-state index contributed by atoms with van der Waals surface area (Å²) in [5, 5.41) is 14.6. The Balaban J connectivity index is 1.87. The van der Waals surface area contributed by atoms with Crippen molar-refractivity contribution in [1.29, 1.82) is 5.26 Å². The van der Waals surface area contributed by atoms with Crippen molar-refractivity contribution in [2.75, 3.05) is 30.8 Å². The first kappa shape index (κ1) is 19.6. The lowest BCUT2D eigenvalue weighted by molar-refractivity contribution is -0.119. The molecule has 0 aromatic heterocycles. The lowest BCUT2D eigenvalue weighted by atomic mass is 10.2. The van der Waals surface area contributed by atoms with E-state index in [0.29, 0.717) is 11.3 Å². The summed E-state index contributed by atoms with van der Waals surface area (Å²) in [5.74, 6) is -0.494. The quantitative estimate of drug-likeness (QED) is 0.759. The maximum absolute atomic E-state index is 12.2. The van der Waals surface area contributed by atoms with Crippen LogP contribution in [0.5, 0.6) is 0 Å². The number of halogens is 1. The van der Waals surface area contributed by atoms with Crippen LogP contribution in [-0.4, -0.2) is 36.9 Å². The van der Waals surface area contributed by atoms with Gasteiger partial charge in [0.05, 0.1) is 24.3 Å². The molecule has 0 aliphatic carbocycles. The summed E-state index contributed by atoms with van der Waals surface area (Å²) in [6.07, 6.45) is 0. The smallest absolute Gasteiger partial charge is 0.238 e. The Morgan fingerprint density at radius 3 is 2.31 bits per heavy atom. The van der Waals surface area contributed by atoms with E-state index >= 15 is 0 Å². The Bertz CT molecular complexity index is 861. The lowest BCUT2D eigenvalue weighted by Crippen LogP contribution is -2.36. The minimum atomic E-state index is -0.289. The van der Waals surface area contributed by atoms with E-state index in [1.165, 1.54) is 0 Å². The first-order valence-electron chi connectivity index (χ1n) is 7.92. The Morgan fingerprint density at radius 1 is 1.08 bits per heavy atom. The van der Waals surface area contributed by atoms with Gasteiger partial charge in [0.2, 0.25) is 11.8 Å². The summed E-state index contributed by atoms with van der Waals surface area (Å²) in [4.78, 5) is 25.9. The van der Waals surface area contributed by atoms with Crippen LogP contribution in [0.1, 0.15) is 11.1 Å². The molecule has 0 heterocycles. The van der Waals surface area contributed by atoms with Crippen LogP contribution in [0.25, 0.3) is 0 Å². The number of likely N-dealkylation sites (N-methyl/N-ethyl adjacent to an activating group) is 1. The number of rotatable bonds is 6. The molecule has 2 aromatic carbocycles. The molecule has 0 aliphatic heterocycles. The van der Waals surface area contributed by atoms with Crippen LogP contribution >= 0.6 is 15.9 Å². The molecule has 6 nitrogen and oxygen atoms in total. The van der Waals surface area contributed by atoms with E-state index in [-0.39, 0.29) is 24.9 Å². The summed E-state index contributed by atoms with van der Waals surface area (Å²) in [6, 6.07) is 14.4. The Hall–Kier alpha value is -2.69. The number of amides is 2. The van der Waals surface area contributed by atoms with Crippen molar-refractivity contribution in [1.82, 2.24) is 4.90 Å². The van der Waals surface area contributed by atoms with Crippen LogP contribution < -0.4 is 10.6 Å². The van der Waals surface area contributed by atoms with Gasteiger partial charge in [-0.2, -0.15) is 5.26 Å². The molecule has 0 unspecified atom stereocenters. The van der Waals surface area contributed by atoms with E-state index in [4.69, 9.17) is 5.26 Å². The highest BCUT2D eigenvalue weighted by Crippen LogP contribution is 2.20. The maximum atomic E-state index is 12.2. The van der Waals surface area contributed by atoms with E-state index < -0.39 is 0 Å². The number of hydrogen-bond donors (Lipinski definition) is 2. The number of para-hydroxylation sites is 1. The van der Waals surface area contributed by atoms with Crippen LogP contribution in [0, 0.1) is 18.3 Å². The van der Waals surface area contributed by atoms with E-state index in [2.05, 4.69) is 26.6 Å². The van der Waals surface area contributed by atoms with E-state index in [0.717, 1.165) is 15.7 Å². The summed E-state index contributed by atoms with van der Waals surface area (Å²) < 4.78 is 0.944. The third-order valence-corrected chi connectivity index (χ3v) is 4.10. The van der Waals surface area contributed by atoms with Gasteiger partial charge in [-0.05, 0) is 49.9 Å². The summed E-state index contributed by atoms with van der Waals surface area (Å²) in [7, 11) is 1.68. The normalized spacial score (nSPS) is 10.3. The van der Waals surface area contributed by atoms with Gasteiger partial charge in [-0.1, -0.05) is 28.1 Å². The van der Waals surface area contributed by atoms with E-state index in [1.807, 2.05) is 31.2 Å². The molecule has 0 aliphatic rings. The summed E-state index contributed by atoms with van der Waals surface area (Å²) >= 11 is 3.38. The van der Waals surface area contributed by atoms with Crippen molar-refractivity contribution >= 4 is 39.1 Å². The molecule has 0 saturated heterocycles. The van der Waals surface area contributed by atoms with Crippen LogP contribution in [0.3, 0.4) is 0 Å². The summed E-state index contributed by atoms with van der Waals surface area (Å²) in [6.45, 7) is 2.01. The average molecular weight is 415 g/mol. The van der Waals surface area contributed by atoms with Crippen molar-refractivity contribution in [3.63, 3.8) is 0 Å². The maximum Gasteiger partial charge on any atom is 0.238 e. The van der Waals surface area contributed by atoms with Crippen molar-refractivity contribution in [2.45, 2.75) is 6.92 Å². The minimum absolute atomic E-state index is 0.0342. The number of anilines is 2. The summed E-state index contributed by atoms with van der Waals surface area (Å²) in [5.41, 5.74) is 2.54. The zero-order chi connectivity index (χ0) is 19.1. The fourth-order valence-corrected chi connectivity index (χ4v) is 2.86. The first-order chi connectivity index (χ1) is 12.4. The second kappa shape index (κ2) is 9.13. The predicted molar refractivity (Wildman–Crippen MR) is 105 cm³/mol. The molecular formula is C19H19BrN4O2. The predicted octanol–water partition coefficient (Wildman–Crippen LogP) is 3.14. The Kier molecular flexibility index (Phi) is 6.89. The number of nitrogens with zero attached hydrogens (tertiary/aromatic N) is 2. The minimum Gasteiger partial charge on any atom is -0.325 e. The van der Waals surface area contributed by atoms with Gasteiger partial charge in [0.1, 0.15) is 6.07 Å². The zero-order valence-corrected chi connectivity index (χ0v) is 16.1. The molecule has 2 N–H and O–H groups in total. The fraction of sp³-hybridized carbons (Fsp3) is 0.211. The van der Waals surface area contributed by atoms with E-state index in [1.54, 1.807) is 36.2 Å². The van der Waals surface area contributed by atoms with Gasteiger partial charge in [-0.15, -0.1) is 0 Å². The second-order valence-corrected chi connectivity index (χ2v) is 6.80. The number of hydrogen-bond acceptors (Lipinski definition) is 4. The Labute approximate surface area is 160 Å². The van der Waals surface area contributed by atoms with Gasteiger partial charge in [0, 0.05) is 10.2 Å². The van der Waals surface area contributed by atoms with Crippen molar-refractivity contribution < 1.29 is 9.59 Å². The molecule has 134 valence electrons. The number of nitrogens with one attached hydrogen (secondary N) is 2. The van der Waals surface area contributed by atoms with Gasteiger partial charge >= 0.3 is 0 Å². The van der Waals surface area contributed by atoms with Crippen LogP contribution in [0.4, 0.5) is 11.4 Å². The Morgan fingerprint density at radius 2 is 1.69 bits per heavy atom. The van der Waals surface area contributed by atoms with Gasteiger partial charge in [-0.3, -0.25) is 14.5 Å². The van der Waals surface area contributed by atoms with Gasteiger partial charge in [0.25, 0.3) is 0 Å². The number of carbonyl (C=O) groups is 2. The topological polar surface area (TPSA) is 85.2 Å². The molecule has 7 heteroatoms. The zero-order valence-electron chi connectivity index (χ0n) is 14.5. The van der Waals surface area contributed by atoms with Crippen molar-refractivity contribution in [2.24, 2.45) is 0 Å².